The first kappa shape index (κ1) is 9.70. The molecule has 12 heavy (non-hydrogen) atoms. The summed E-state index contributed by atoms with van der Waals surface area (Å²) in [5, 5.41) is 1.53. The second-order valence-corrected chi connectivity index (χ2v) is 9.21. The summed E-state index contributed by atoms with van der Waals surface area (Å²) in [6.45, 7) is 7.04. The van der Waals surface area contributed by atoms with Crippen LogP contribution in [0.15, 0.2) is 30.3 Å². The maximum Gasteiger partial charge on any atom is 0.131 e. The molecule has 1 N–H and O–H groups in total. The van der Waals surface area contributed by atoms with Crippen LogP contribution in [0.25, 0.3) is 0 Å². The van der Waals surface area contributed by atoms with E-state index in [2.05, 4.69) is 54.6 Å². The van der Waals surface area contributed by atoms with Gasteiger partial charge in [0.25, 0.3) is 0 Å². The highest BCUT2D eigenvalue weighted by atomic mass is 28.3. The molecule has 1 atom stereocenters. The van der Waals surface area contributed by atoms with Crippen molar-refractivity contribution in [3.8, 4) is 0 Å². The predicted octanol–water partition coefficient (Wildman–Crippen LogP) is 0.820. The van der Waals surface area contributed by atoms with Gasteiger partial charge in [-0.3, -0.25) is 0 Å². The van der Waals surface area contributed by atoms with E-state index in [9.17, 15) is 0 Å². The Kier molecular flexibility index (Phi) is 3.71. The molecule has 0 aliphatic rings. The lowest BCUT2D eigenvalue weighted by Crippen LogP contribution is -2.47. The summed E-state index contributed by atoms with van der Waals surface area (Å²) in [7, 11) is -1.39. The van der Waals surface area contributed by atoms with E-state index in [1.54, 1.807) is 0 Å². The topological polar surface area (TPSA) is 12.0 Å². The van der Waals surface area contributed by atoms with Crippen molar-refractivity contribution in [2.45, 2.75) is 19.6 Å². The largest absolute Gasteiger partial charge is 0.361 e. The Morgan fingerprint density at radius 1 is 1.00 bits per heavy atom. The fraction of sp³-hybridized carbons (Fsp3) is 0.333. The number of hydrogen-bond acceptors (Lipinski definition) is 1. The van der Waals surface area contributed by atoms with Crippen LogP contribution in [0, 0.1) is 0 Å². The first-order chi connectivity index (χ1) is 5.70. The van der Waals surface area contributed by atoms with Crippen LogP contribution in [-0.2, 0) is 0 Å². The van der Waals surface area contributed by atoms with E-state index < -0.39 is 17.9 Å². The van der Waals surface area contributed by atoms with Gasteiger partial charge in [-0.2, -0.15) is 0 Å². The van der Waals surface area contributed by atoms with E-state index in [0.29, 0.717) is 0 Å². The van der Waals surface area contributed by atoms with E-state index >= 15 is 0 Å². The maximum absolute atomic E-state index is 3.74. The van der Waals surface area contributed by atoms with Crippen molar-refractivity contribution >= 4 is 23.1 Å². The third kappa shape index (κ3) is 2.93. The highest BCUT2D eigenvalue weighted by molar-refractivity contribution is 6.79. The van der Waals surface area contributed by atoms with Gasteiger partial charge in [-0.25, -0.2) is 0 Å². The molecule has 0 aliphatic carbocycles. The lowest BCUT2D eigenvalue weighted by Gasteiger charge is -2.14. The minimum Gasteiger partial charge on any atom is -0.361 e. The number of nitrogens with one attached hydrogen (secondary N) is 1. The van der Waals surface area contributed by atoms with Crippen molar-refractivity contribution in [3.05, 3.63) is 30.3 Å². The van der Waals surface area contributed by atoms with E-state index in [1.807, 2.05) is 0 Å². The molecule has 1 nitrogen and oxygen atoms in total. The van der Waals surface area contributed by atoms with Crippen LogP contribution >= 0.6 is 0 Å². The van der Waals surface area contributed by atoms with Crippen molar-refractivity contribution in [2.24, 2.45) is 0 Å². The van der Waals surface area contributed by atoms with E-state index in [-0.39, 0.29) is 0 Å². The highest BCUT2D eigenvalue weighted by Gasteiger charge is 2.07. The lowest BCUT2D eigenvalue weighted by molar-refractivity contribution is 1.45. The Bertz CT molecular complexity index is 223. The number of rotatable bonds is 3. The van der Waals surface area contributed by atoms with Crippen LogP contribution < -0.4 is 9.83 Å². The summed E-state index contributed by atoms with van der Waals surface area (Å²) in [5.41, 5.74) is 0. The molecule has 0 radical (unpaired) electrons. The summed E-state index contributed by atoms with van der Waals surface area (Å²) >= 11 is 0. The molecule has 0 heterocycles. The van der Waals surface area contributed by atoms with E-state index in [1.165, 1.54) is 5.19 Å². The van der Waals surface area contributed by atoms with Gasteiger partial charge in [-0.1, -0.05) is 50.0 Å². The summed E-state index contributed by atoms with van der Waals surface area (Å²) in [6, 6.07) is 10.8. The molecule has 0 saturated heterocycles. The zero-order valence-electron chi connectivity index (χ0n) is 8.04. The Morgan fingerprint density at radius 2 is 1.58 bits per heavy atom. The Balaban J connectivity index is 2.59. The third-order valence-corrected chi connectivity index (χ3v) is 7.93. The van der Waals surface area contributed by atoms with Crippen molar-refractivity contribution < 1.29 is 0 Å². The van der Waals surface area contributed by atoms with E-state index in [4.69, 9.17) is 0 Å². The number of hydrogen-bond donors (Lipinski definition) is 1. The van der Waals surface area contributed by atoms with Gasteiger partial charge in [0.05, 0.1) is 8.96 Å². The molecule has 0 bridgehead atoms. The average Bonchev–Trinajstić information content (AvgIpc) is 2.05. The zero-order chi connectivity index (χ0) is 8.97. The van der Waals surface area contributed by atoms with Crippen LogP contribution in [0.3, 0.4) is 0 Å². The van der Waals surface area contributed by atoms with Gasteiger partial charge in [0.15, 0.2) is 0 Å². The summed E-state index contributed by atoms with van der Waals surface area (Å²) in [4.78, 5) is 0. The van der Waals surface area contributed by atoms with Crippen LogP contribution in [0.5, 0.6) is 0 Å². The Morgan fingerprint density at radius 3 is 2.08 bits per heavy atom. The molecule has 0 fully saturated rings. The third-order valence-electron chi connectivity index (χ3n) is 1.88. The van der Waals surface area contributed by atoms with Gasteiger partial charge >= 0.3 is 0 Å². The standard InChI is InChI=1S/C9H17NSi2/c1-11(2)10-12(3)9-7-5-4-6-8-9/h4-8,10-12H,1-3H3. The van der Waals surface area contributed by atoms with Crippen molar-refractivity contribution in [1.82, 2.24) is 4.65 Å². The smallest absolute Gasteiger partial charge is 0.131 e. The van der Waals surface area contributed by atoms with Crippen molar-refractivity contribution in [3.63, 3.8) is 0 Å². The predicted molar refractivity (Wildman–Crippen MR) is 61.1 cm³/mol. The molecule has 66 valence electrons. The second kappa shape index (κ2) is 4.59. The SMILES string of the molecule is C[SiH](C)N[SiH](C)c1ccccc1. The highest BCUT2D eigenvalue weighted by Crippen LogP contribution is 1.86. The average molecular weight is 195 g/mol. The normalized spacial score (nSPS) is 13.3. The lowest BCUT2D eigenvalue weighted by atomic mass is 10.4. The first-order valence-electron chi connectivity index (χ1n) is 4.51. The molecule has 0 aliphatic heterocycles. The Labute approximate surface area is 78.2 Å². The zero-order valence-corrected chi connectivity index (χ0v) is 10.4. The first-order valence-corrected chi connectivity index (χ1v) is 9.70. The van der Waals surface area contributed by atoms with Gasteiger partial charge in [0.1, 0.15) is 8.96 Å². The molecule has 1 rings (SSSR count). The second-order valence-electron chi connectivity index (χ2n) is 3.45. The van der Waals surface area contributed by atoms with Crippen LogP contribution in [0.4, 0.5) is 0 Å². The fourth-order valence-corrected chi connectivity index (χ4v) is 6.91. The van der Waals surface area contributed by atoms with Gasteiger partial charge in [-0.05, 0) is 5.19 Å². The van der Waals surface area contributed by atoms with Gasteiger partial charge < -0.3 is 4.65 Å². The molecule has 0 aromatic heterocycles. The summed E-state index contributed by atoms with van der Waals surface area (Å²) in [5.74, 6) is 0. The maximum atomic E-state index is 3.74. The van der Waals surface area contributed by atoms with Crippen LogP contribution in [0.1, 0.15) is 0 Å². The van der Waals surface area contributed by atoms with Gasteiger partial charge in [-0.15, -0.1) is 0 Å². The van der Waals surface area contributed by atoms with Crippen LogP contribution in [0.2, 0.25) is 19.6 Å². The quantitative estimate of drug-likeness (QED) is 0.704. The molecule has 1 aromatic rings. The van der Waals surface area contributed by atoms with Crippen LogP contribution in [-0.4, -0.2) is 17.9 Å². The minimum atomic E-state index is -0.807. The monoisotopic (exact) mass is 195 g/mol. The minimum absolute atomic E-state index is 0.586. The number of benzene rings is 1. The summed E-state index contributed by atoms with van der Waals surface area (Å²) < 4.78 is 3.74. The van der Waals surface area contributed by atoms with E-state index in [0.717, 1.165) is 0 Å². The molecular formula is C9H17NSi2. The molecule has 1 unspecified atom stereocenters. The molecule has 3 heteroatoms. The molecular weight excluding hydrogens is 178 g/mol. The molecule has 1 aromatic carbocycles. The molecule has 0 saturated carbocycles. The van der Waals surface area contributed by atoms with Crippen molar-refractivity contribution in [1.29, 1.82) is 0 Å². The molecule has 0 amide bonds. The Hall–Kier alpha value is -0.386. The van der Waals surface area contributed by atoms with Gasteiger partial charge in [0.2, 0.25) is 0 Å². The summed E-state index contributed by atoms with van der Waals surface area (Å²) in [6.07, 6.45) is 0. The molecule has 0 spiro atoms. The van der Waals surface area contributed by atoms with Crippen molar-refractivity contribution in [2.75, 3.05) is 0 Å². The van der Waals surface area contributed by atoms with Gasteiger partial charge in [0, 0.05) is 0 Å². The fourth-order valence-electron chi connectivity index (χ4n) is 1.34.